The standard InChI is InChI=1S/C54H88N3O9P/c1-9-10-11-12-13-14-15-16-17-18-21-24-27-30-50(58)63-41-49(42-65-67(60,61)64-38-36-57(6,7)8)66-51(59)31-28-25-22-19-20-23-26-29-37-62-48-34-32-47(33-35-48)52(53-43(2)39-45(4)55-53)54-44(3)40-46(5)56-54/h32-35,39-40,49H,9-31,36-38,41-42H2,1-8H3,(H-,55,56,60,61)/p+1/t49-/m1/s1. The van der Waals surface area contributed by atoms with E-state index in [2.05, 4.69) is 57.0 Å². The molecule has 1 unspecified atom stereocenters. The molecule has 0 amide bonds. The molecule has 1 aromatic carbocycles. The number of hydrogen-bond donors (Lipinski definition) is 2. The van der Waals surface area contributed by atoms with E-state index in [1.807, 2.05) is 40.2 Å². The number of carbonyl (C=O) groups is 2. The van der Waals surface area contributed by atoms with E-state index in [-0.39, 0.29) is 32.0 Å². The molecule has 2 N–H and O–H groups in total. The molecule has 1 aliphatic rings. The number of aryl methyl sites for hydroxylation is 2. The minimum atomic E-state index is -4.40. The summed E-state index contributed by atoms with van der Waals surface area (Å²) in [7, 11) is 1.43. The first kappa shape index (κ1) is 57.8. The van der Waals surface area contributed by atoms with E-state index in [0.717, 1.165) is 109 Å². The number of nitrogens with zero attached hydrogens (tertiary/aromatic N) is 2. The molecule has 1 aliphatic heterocycles. The monoisotopic (exact) mass is 955 g/mol. The fourth-order valence-corrected chi connectivity index (χ4v) is 8.95. The maximum atomic E-state index is 12.8. The molecular formula is C54H89N3O9P+. The van der Waals surface area contributed by atoms with Gasteiger partial charge in [0, 0.05) is 29.8 Å². The number of ether oxygens (including phenoxy) is 3. The number of unbranched alkanes of at least 4 members (excludes halogenated alkanes) is 19. The Labute approximate surface area is 404 Å². The number of H-pyrrole nitrogens is 1. The zero-order valence-corrected chi connectivity index (χ0v) is 43.8. The van der Waals surface area contributed by atoms with E-state index in [1.54, 1.807) is 0 Å². The van der Waals surface area contributed by atoms with Gasteiger partial charge in [-0.05, 0) is 87.9 Å². The number of carbonyl (C=O) groups excluding carboxylic acids is 2. The van der Waals surface area contributed by atoms with E-state index < -0.39 is 26.5 Å². The number of quaternary nitrogens is 1. The van der Waals surface area contributed by atoms with Crippen molar-refractivity contribution in [2.45, 2.75) is 188 Å². The lowest BCUT2D eigenvalue weighted by Gasteiger charge is -2.24. The summed E-state index contributed by atoms with van der Waals surface area (Å²) in [5, 5.41) is 0. The summed E-state index contributed by atoms with van der Waals surface area (Å²) >= 11 is 0. The number of aromatic amines is 1. The van der Waals surface area contributed by atoms with Gasteiger partial charge in [0.15, 0.2) is 6.10 Å². The smallest absolute Gasteiger partial charge is 0.472 e. The number of allylic oxidation sites excluding steroid dienone is 2. The molecule has 0 bridgehead atoms. The quantitative estimate of drug-likeness (QED) is 0.0291. The van der Waals surface area contributed by atoms with E-state index in [1.165, 1.54) is 69.8 Å². The van der Waals surface area contributed by atoms with Gasteiger partial charge in [0.25, 0.3) is 0 Å². The predicted molar refractivity (Wildman–Crippen MR) is 272 cm³/mol. The number of phosphoric ester groups is 1. The molecule has 2 atom stereocenters. The van der Waals surface area contributed by atoms with Crippen LogP contribution in [0.25, 0.3) is 5.57 Å². The first-order chi connectivity index (χ1) is 32.1. The van der Waals surface area contributed by atoms with Crippen LogP contribution in [-0.4, -0.2) is 92.2 Å². The van der Waals surface area contributed by atoms with Crippen molar-refractivity contribution >= 4 is 31.0 Å². The lowest BCUT2D eigenvalue weighted by atomic mass is 9.96. The van der Waals surface area contributed by atoms with Crippen LogP contribution in [0.3, 0.4) is 0 Å². The molecular weight excluding hydrogens is 866 g/mol. The molecule has 0 aliphatic carbocycles. The van der Waals surface area contributed by atoms with Crippen molar-refractivity contribution in [3.05, 3.63) is 70.2 Å². The summed E-state index contributed by atoms with van der Waals surface area (Å²) in [5.74, 6) is 0.0218. The minimum absolute atomic E-state index is 0.0174. The Hall–Kier alpha value is -3.54. The Morgan fingerprint density at radius 3 is 1.75 bits per heavy atom. The molecule has 1 aromatic heterocycles. The highest BCUT2D eigenvalue weighted by Gasteiger charge is 2.27. The van der Waals surface area contributed by atoms with Crippen LogP contribution >= 0.6 is 7.82 Å². The van der Waals surface area contributed by atoms with Gasteiger partial charge in [-0.1, -0.05) is 135 Å². The van der Waals surface area contributed by atoms with E-state index >= 15 is 0 Å². The van der Waals surface area contributed by atoms with Crippen molar-refractivity contribution in [2.24, 2.45) is 4.99 Å². The zero-order chi connectivity index (χ0) is 48.9. The van der Waals surface area contributed by atoms with Crippen molar-refractivity contribution < 1.29 is 46.8 Å². The summed E-state index contributed by atoms with van der Waals surface area (Å²) in [6.45, 7) is 11.1. The molecule has 13 heteroatoms. The zero-order valence-electron chi connectivity index (χ0n) is 42.9. The highest BCUT2D eigenvalue weighted by Crippen LogP contribution is 2.43. The molecule has 0 saturated heterocycles. The summed E-state index contributed by atoms with van der Waals surface area (Å²) in [6, 6.07) is 10.5. The molecule has 0 saturated carbocycles. The van der Waals surface area contributed by atoms with Crippen LogP contribution in [0.15, 0.2) is 52.7 Å². The SMILES string of the molecule is CCCCCCCCCCCCCCCC(=O)OC[C@H](COP(=O)(O)OCC[N+](C)(C)C)OC(=O)CCCCCCCCCCOc1ccc(/C(=C2/N=C(C)C=C2C)c2[nH]c(C)cc2C)cc1. The second-order valence-electron chi connectivity index (χ2n) is 19.7. The van der Waals surface area contributed by atoms with E-state index in [0.29, 0.717) is 24.1 Å². The van der Waals surface area contributed by atoms with Crippen LogP contribution in [0.2, 0.25) is 0 Å². The second kappa shape index (κ2) is 32.3. The lowest BCUT2D eigenvalue weighted by molar-refractivity contribution is -0.870. The summed E-state index contributed by atoms with van der Waals surface area (Å²) in [6.07, 6.45) is 25.4. The Morgan fingerprint density at radius 1 is 0.701 bits per heavy atom. The van der Waals surface area contributed by atoms with Crippen LogP contribution in [0.1, 0.15) is 191 Å². The molecule has 3 rings (SSSR count). The maximum Gasteiger partial charge on any atom is 0.472 e. The van der Waals surface area contributed by atoms with Crippen molar-refractivity contribution in [1.82, 2.24) is 4.98 Å². The fourth-order valence-electron chi connectivity index (χ4n) is 8.21. The van der Waals surface area contributed by atoms with Crippen molar-refractivity contribution in [3.8, 4) is 5.75 Å². The van der Waals surface area contributed by atoms with Crippen LogP contribution in [0.4, 0.5) is 0 Å². The van der Waals surface area contributed by atoms with Crippen molar-refractivity contribution in [3.63, 3.8) is 0 Å². The molecule has 2 aromatic rings. The Balaban J connectivity index is 1.30. The third-order valence-electron chi connectivity index (χ3n) is 12.1. The number of hydrogen-bond acceptors (Lipinski definition) is 9. The van der Waals surface area contributed by atoms with Gasteiger partial charge in [-0.15, -0.1) is 0 Å². The van der Waals surface area contributed by atoms with Crippen molar-refractivity contribution in [1.29, 1.82) is 0 Å². The summed E-state index contributed by atoms with van der Waals surface area (Å²) in [4.78, 5) is 44.1. The van der Waals surface area contributed by atoms with E-state index in [4.69, 9.17) is 28.3 Å². The number of aliphatic imine (C=N–C) groups is 1. The minimum Gasteiger partial charge on any atom is -0.494 e. The first-order valence-electron chi connectivity index (χ1n) is 25.7. The number of benzene rings is 1. The first-order valence-corrected chi connectivity index (χ1v) is 27.2. The molecule has 2 heterocycles. The van der Waals surface area contributed by atoms with Crippen LogP contribution < -0.4 is 4.74 Å². The molecule has 0 fully saturated rings. The van der Waals surface area contributed by atoms with Crippen molar-refractivity contribution in [2.75, 3.05) is 54.1 Å². The molecule has 0 radical (unpaired) electrons. The average Bonchev–Trinajstić information content (AvgIpc) is 3.79. The highest BCUT2D eigenvalue weighted by molar-refractivity contribution is 7.47. The van der Waals surface area contributed by atoms with Gasteiger partial charge in [-0.2, -0.15) is 0 Å². The average molecular weight is 955 g/mol. The van der Waals surface area contributed by atoms with Gasteiger partial charge in [0.1, 0.15) is 25.5 Å². The van der Waals surface area contributed by atoms with Crippen LogP contribution in [0.5, 0.6) is 5.75 Å². The summed E-state index contributed by atoms with van der Waals surface area (Å²) < 4.78 is 40.6. The van der Waals surface area contributed by atoms with Gasteiger partial charge in [0.2, 0.25) is 0 Å². The predicted octanol–water partition coefficient (Wildman–Crippen LogP) is 13.5. The van der Waals surface area contributed by atoms with Crippen LogP contribution in [0, 0.1) is 13.8 Å². The molecule has 12 nitrogen and oxygen atoms in total. The third kappa shape index (κ3) is 25.6. The Bertz CT molecular complexity index is 1880. The van der Waals surface area contributed by atoms with Gasteiger partial charge in [-0.25, -0.2) is 4.57 Å². The van der Waals surface area contributed by atoms with Gasteiger partial charge < -0.3 is 28.6 Å². The number of esters is 2. The van der Waals surface area contributed by atoms with E-state index in [9.17, 15) is 19.0 Å². The largest absolute Gasteiger partial charge is 0.494 e. The van der Waals surface area contributed by atoms with Gasteiger partial charge in [-0.3, -0.25) is 23.6 Å². The molecule has 67 heavy (non-hydrogen) atoms. The highest BCUT2D eigenvalue weighted by atomic mass is 31.2. The number of rotatable bonds is 38. The summed E-state index contributed by atoms with van der Waals surface area (Å²) in [5.41, 5.74) is 8.82. The normalized spacial score (nSPS) is 14.9. The fraction of sp³-hybridized carbons (Fsp3) is 0.685. The number of phosphoric acid groups is 1. The second-order valence-corrected chi connectivity index (χ2v) is 21.1. The number of aromatic nitrogens is 1. The Kier molecular flexibility index (Phi) is 27.9. The topological polar surface area (TPSA) is 146 Å². The molecule has 0 spiro atoms. The van der Waals surface area contributed by atoms with Gasteiger partial charge in [0.05, 0.1) is 45.7 Å². The maximum absolute atomic E-state index is 12.8. The van der Waals surface area contributed by atoms with Crippen LogP contribution in [-0.2, 0) is 32.7 Å². The third-order valence-corrected chi connectivity index (χ3v) is 13.0. The number of likely N-dealkylation sites (N-methyl/N-ethyl adjacent to an activating group) is 1. The molecule has 378 valence electrons. The van der Waals surface area contributed by atoms with Gasteiger partial charge >= 0.3 is 19.8 Å². The number of nitrogens with one attached hydrogen (secondary N) is 1. The Morgan fingerprint density at radius 2 is 1.24 bits per heavy atom. The lowest BCUT2D eigenvalue weighted by Crippen LogP contribution is -2.37.